The zero-order chi connectivity index (χ0) is 15.4. The van der Waals surface area contributed by atoms with Crippen molar-refractivity contribution in [2.45, 2.75) is 19.9 Å². The number of carbonyl (C=O) groups is 2. The maximum absolute atomic E-state index is 11.0. The number of aromatic carboxylic acids is 1. The van der Waals surface area contributed by atoms with E-state index < -0.39 is 28.1 Å². The topological polar surface area (TPSA) is 127 Å². The number of hydrogen-bond donors (Lipinski definition) is 2. The maximum atomic E-state index is 11.0. The number of primary amides is 1. The monoisotopic (exact) mass is 281 g/mol. The number of amides is 1. The first-order valence-electron chi connectivity index (χ1n) is 5.80. The molecule has 0 aliphatic carbocycles. The van der Waals surface area contributed by atoms with Crippen molar-refractivity contribution in [1.82, 2.24) is 0 Å². The van der Waals surface area contributed by atoms with E-state index in [0.717, 1.165) is 12.1 Å². The minimum absolute atomic E-state index is 0.110. The van der Waals surface area contributed by atoms with Crippen LogP contribution in [0.15, 0.2) is 18.2 Å². The third-order valence-corrected chi connectivity index (χ3v) is 2.69. The molecule has 0 atom stereocenters. The minimum Gasteiger partial charge on any atom is -0.477 e. The summed E-state index contributed by atoms with van der Waals surface area (Å²) in [6, 6.07) is 3.57. The van der Waals surface area contributed by atoms with Gasteiger partial charge >= 0.3 is 5.97 Å². The second-order valence-corrected chi connectivity index (χ2v) is 4.45. The van der Waals surface area contributed by atoms with Crippen LogP contribution in [0.1, 0.15) is 24.2 Å². The Balaban J connectivity index is 3.31. The average molecular weight is 281 g/mol. The van der Waals surface area contributed by atoms with Crippen LogP contribution in [-0.4, -0.2) is 34.5 Å². The van der Waals surface area contributed by atoms with E-state index in [1.165, 1.54) is 6.07 Å². The second-order valence-electron chi connectivity index (χ2n) is 4.45. The van der Waals surface area contributed by atoms with Gasteiger partial charge in [-0.1, -0.05) is 0 Å². The molecule has 0 aromatic heterocycles. The van der Waals surface area contributed by atoms with Crippen LogP contribution in [0.2, 0.25) is 0 Å². The molecule has 0 radical (unpaired) electrons. The van der Waals surface area contributed by atoms with Crippen molar-refractivity contribution >= 4 is 23.3 Å². The molecule has 1 amide bonds. The molecule has 1 aromatic rings. The number of benzene rings is 1. The quantitative estimate of drug-likeness (QED) is 0.591. The van der Waals surface area contributed by atoms with Crippen LogP contribution < -0.4 is 10.6 Å². The van der Waals surface area contributed by atoms with E-state index in [9.17, 15) is 19.7 Å². The number of nitrogens with zero attached hydrogens (tertiary/aromatic N) is 2. The van der Waals surface area contributed by atoms with Gasteiger partial charge in [-0.2, -0.15) is 0 Å². The number of carboxylic acids is 1. The smallest absolute Gasteiger partial charge is 0.342 e. The van der Waals surface area contributed by atoms with Crippen LogP contribution in [-0.2, 0) is 4.79 Å². The molecule has 0 bridgehead atoms. The van der Waals surface area contributed by atoms with Crippen molar-refractivity contribution < 1.29 is 19.6 Å². The maximum Gasteiger partial charge on any atom is 0.342 e. The van der Waals surface area contributed by atoms with Gasteiger partial charge in [-0.15, -0.1) is 0 Å². The van der Waals surface area contributed by atoms with Gasteiger partial charge in [-0.3, -0.25) is 14.9 Å². The lowest BCUT2D eigenvalue weighted by atomic mass is 10.1. The van der Waals surface area contributed by atoms with Crippen molar-refractivity contribution in [3.8, 4) is 0 Å². The number of nitro benzene ring substituents is 1. The minimum atomic E-state index is -1.38. The van der Waals surface area contributed by atoms with Crippen LogP contribution in [0.3, 0.4) is 0 Å². The van der Waals surface area contributed by atoms with Gasteiger partial charge in [0.15, 0.2) is 0 Å². The van der Waals surface area contributed by atoms with E-state index in [0.29, 0.717) is 5.69 Å². The number of hydrogen-bond acceptors (Lipinski definition) is 5. The van der Waals surface area contributed by atoms with Crippen molar-refractivity contribution in [3.63, 3.8) is 0 Å². The molecule has 0 fully saturated rings. The Morgan fingerprint density at radius 1 is 1.45 bits per heavy atom. The van der Waals surface area contributed by atoms with E-state index in [-0.39, 0.29) is 12.6 Å². The highest BCUT2D eigenvalue weighted by atomic mass is 16.6. The molecule has 0 saturated heterocycles. The first-order valence-corrected chi connectivity index (χ1v) is 5.80. The predicted octanol–water partition coefficient (Wildman–Crippen LogP) is 0.993. The molecule has 8 heteroatoms. The Kier molecular flexibility index (Phi) is 4.63. The van der Waals surface area contributed by atoms with Gasteiger partial charge in [0.2, 0.25) is 5.91 Å². The molecular formula is C12H15N3O5. The predicted molar refractivity (Wildman–Crippen MR) is 71.7 cm³/mol. The first-order chi connectivity index (χ1) is 9.23. The summed E-state index contributed by atoms with van der Waals surface area (Å²) in [5.41, 5.74) is 4.58. The zero-order valence-electron chi connectivity index (χ0n) is 11.1. The molecule has 108 valence electrons. The van der Waals surface area contributed by atoms with Crippen LogP contribution in [0.5, 0.6) is 0 Å². The van der Waals surface area contributed by atoms with Crippen molar-refractivity contribution in [1.29, 1.82) is 0 Å². The van der Waals surface area contributed by atoms with E-state index in [4.69, 9.17) is 10.8 Å². The van der Waals surface area contributed by atoms with Crippen LogP contribution in [0, 0.1) is 10.1 Å². The highest BCUT2D eigenvalue weighted by Gasteiger charge is 2.23. The van der Waals surface area contributed by atoms with Crippen molar-refractivity contribution in [2.24, 2.45) is 5.73 Å². The molecular weight excluding hydrogens is 266 g/mol. The molecule has 3 N–H and O–H groups in total. The summed E-state index contributed by atoms with van der Waals surface area (Å²) in [6.07, 6.45) is 0. The van der Waals surface area contributed by atoms with Gasteiger partial charge in [0.1, 0.15) is 5.56 Å². The van der Waals surface area contributed by atoms with Gasteiger partial charge in [-0.05, 0) is 26.0 Å². The fourth-order valence-corrected chi connectivity index (χ4v) is 1.77. The lowest BCUT2D eigenvalue weighted by Crippen LogP contribution is -2.38. The number of nitrogens with two attached hydrogens (primary N) is 1. The molecule has 0 heterocycles. The third-order valence-electron chi connectivity index (χ3n) is 2.69. The number of nitro groups is 1. The Morgan fingerprint density at radius 2 is 2.05 bits per heavy atom. The largest absolute Gasteiger partial charge is 0.477 e. The molecule has 0 aliphatic rings. The summed E-state index contributed by atoms with van der Waals surface area (Å²) in [4.78, 5) is 33.7. The van der Waals surface area contributed by atoms with Crippen molar-refractivity contribution in [2.75, 3.05) is 11.4 Å². The Bertz CT molecular complexity index is 556. The number of rotatable bonds is 6. The lowest BCUT2D eigenvalue weighted by Gasteiger charge is -2.27. The zero-order valence-corrected chi connectivity index (χ0v) is 11.1. The standard InChI is InChI=1S/C12H15N3O5/c1-7(2)14(6-11(13)16)8-3-4-9(12(17)18)10(5-8)15(19)20/h3-5,7H,6H2,1-2H3,(H2,13,16)(H,17,18). The van der Waals surface area contributed by atoms with Crippen molar-refractivity contribution in [3.05, 3.63) is 33.9 Å². The SMILES string of the molecule is CC(C)N(CC(N)=O)c1ccc(C(=O)O)c([N+](=O)[O-])c1. The molecule has 8 nitrogen and oxygen atoms in total. The molecule has 20 heavy (non-hydrogen) atoms. The summed E-state index contributed by atoms with van der Waals surface area (Å²) in [5.74, 6) is -1.96. The van der Waals surface area contributed by atoms with Gasteiger partial charge in [0, 0.05) is 17.8 Å². The fourth-order valence-electron chi connectivity index (χ4n) is 1.77. The summed E-state index contributed by atoms with van der Waals surface area (Å²) >= 11 is 0. The lowest BCUT2D eigenvalue weighted by molar-refractivity contribution is -0.385. The van der Waals surface area contributed by atoms with E-state index in [2.05, 4.69) is 0 Å². The van der Waals surface area contributed by atoms with Gasteiger partial charge in [0.05, 0.1) is 11.5 Å². The Labute approximate surface area is 114 Å². The van der Waals surface area contributed by atoms with E-state index in [1.54, 1.807) is 18.7 Å². The molecule has 0 unspecified atom stereocenters. The molecule has 0 spiro atoms. The Hall–Kier alpha value is -2.64. The van der Waals surface area contributed by atoms with Crippen LogP contribution in [0.4, 0.5) is 11.4 Å². The summed E-state index contributed by atoms with van der Waals surface area (Å²) in [5, 5.41) is 19.8. The second kappa shape index (κ2) is 6.00. The first kappa shape index (κ1) is 15.4. The summed E-state index contributed by atoms with van der Waals surface area (Å²) in [7, 11) is 0. The molecule has 1 aromatic carbocycles. The van der Waals surface area contributed by atoms with Gasteiger partial charge in [-0.25, -0.2) is 4.79 Å². The van der Waals surface area contributed by atoms with Gasteiger partial charge in [0.25, 0.3) is 5.69 Å². The number of carbonyl (C=O) groups excluding carboxylic acids is 1. The molecule has 1 rings (SSSR count). The average Bonchev–Trinajstić information content (AvgIpc) is 2.34. The third kappa shape index (κ3) is 3.44. The Morgan fingerprint density at radius 3 is 2.45 bits per heavy atom. The van der Waals surface area contributed by atoms with E-state index >= 15 is 0 Å². The highest BCUT2D eigenvalue weighted by Crippen LogP contribution is 2.26. The van der Waals surface area contributed by atoms with Gasteiger partial charge < -0.3 is 15.7 Å². The van der Waals surface area contributed by atoms with Crippen LogP contribution >= 0.6 is 0 Å². The molecule has 0 aliphatic heterocycles. The fraction of sp³-hybridized carbons (Fsp3) is 0.333. The highest BCUT2D eigenvalue weighted by molar-refractivity contribution is 5.93. The van der Waals surface area contributed by atoms with E-state index in [1.807, 2.05) is 0 Å². The van der Waals surface area contributed by atoms with Crippen LogP contribution in [0.25, 0.3) is 0 Å². The normalized spacial score (nSPS) is 10.3. The summed E-state index contributed by atoms with van der Waals surface area (Å²) in [6.45, 7) is 3.47. The summed E-state index contributed by atoms with van der Waals surface area (Å²) < 4.78 is 0. The number of carboxylic acid groups (broad SMARTS) is 1. The number of anilines is 1. The molecule has 0 saturated carbocycles.